The van der Waals surface area contributed by atoms with Crippen molar-refractivity contribution in [3.05, 3.63) is 29.6 Å². The molecule has 0 saturated heterocycles. The SMILES string of the molecule is CCNCc1cc(F)ccc1N(CCO)C1CCCC1. The molecule has 4 heteroatoms. The van der Waals surface area contributed by atoms with Gasteiger partial charge in [-0.2, -0.15) is 0 Å². The average Bonchev–Trinajstić information content (AvgIpc) is 2.97. The Morgan fingerprint density at radius 3 is 2.75 bits per heavy atom. The van der Waals surface area contributed by atoms with Gasteiger partial charge in [0.25, 0.3) is 0 Å². The first-order valence-corrected chi connectivity index (χ1v) is 7.63. The molecule has 0 heterocycles. The fourth-order valence-corrected chi connectivity index (χ4v) is 3.06. The molecule has 1 saturated carbocycles. The highest BCUT2D eigenvalue weighted by Gasteiger charge is 2.24. The number of benzene rings is 1. The van der Waals surface area contributed by atoms with Gasteiger partial charge in [0.05, 0.1) is 6.61 Å². The quantitative estimate of drug-likeness (QED) is 0.806. The number of hydrogen-bond acceptors (Lipinski definition) is 3. The zero-order valence-corrected chi connectivity index (χ0v) is 12.2. The van der Waals surface area contributed by atoms with E-state index in [9.17, 15) is 9.50 Å². The van der Waals surface area contributed by atoms with Crippen LogP contribution in [0.15, 0.2) is 18.2 Å². The predicted octanol–water partition coefficient (Wildman–Crippen LogP) is 2.68. The minimum atomic E-state index is -0.197. The lowest BCUT2D eigenvalue weighted by molar-refractivity contribution is 0.297. The Bertz CT molecular complexity index is 419. The van der Waals surface area contributed by atoms with Crippen LogP contribution in [0, 0.1) is 5.82 Å². The minimum absolute atomic E-state index is 0.133. The number of nitrogens with one attached hydrogen (secondary N) is 1. The van der Waals surface area contributed by atoms with Gasteiger partial charge in [-0.1, -0.05) is 19.8 Å². The Hall–Kier alpha value is -1.13. The van der Waals surface area contributed by atoms with Crippen molar-refractivity contribution in [2.45, 2.75) is 45.2 Å². The van der Waals surface area contributed by atoms with Gasteiger partial charge in [-0.3, -0.25) is 0 Å². The second kappa shape index (κ2) is 7.60. The molecule has 0 aromatic heterocycles. The van der Waals surface area contributed by atoms with E-state index in [0.29, 0.717) is 19.1 Å². The van der Waals surface area contributed by atoms with Gasteiger partial charge in [-0.25, -0.2) is 4.39 Å². The number of nitrogens with zero attached hydrogens (tertiary/aromatic N) is 1. The third kappa shape index (κ3) is 3.70. The fraction of sp³-hybridized carbons (Fsp3) is 0.625. The summed E-state index contributed by atoms with van der Waals surface area (Å²) in [7, 11) is 0. The molecule has 1 fully saturated rings. The van der Waals surface area contributed by atoms with E-state index in [1.807, 2.05) is 13.0 Å². The summed E-state index contributed by atoms with van der Waals surface area (Å²) >= 11 is 0. The molecular formula is C16H25FN2O. The van der Waals surface area contributed by atoms with Gasteiger partial charge in [0.2, 0.25) is 0 Å². The molecule has 1 aromatic rings. The Labute approximate surface area is 120 Å². The third-order valence-corrected chi connectivity index (χ3v) is 4.02. The first-order valence-electron chi connectivity index (χ1n) is 7.63. The second-order valence-corrected chi connectivity index (χ2v) is 5.41. The maximum Gasteiger partial charge on any atom is 0.123 e. The van der Waals surface area contributed by atoms with E-state index in [0.717, 1.165) is 30.6 Å². The van der Waals surface area contributed by atoms with Crippen LogP contribution in [0.2, 0.25) is 0 Å². The predicted molar refractivity (Wildman–Crippen MR) is 80.5 cm³/mol. The summed E-state index contributed by atoms with van der Waals surface area (Å²) in [5.74, 6) is -0.197. The molecule has 2 N–H and O–H groups in total. The minimum Gasteiger partial charge on any atom is -0.395 e. The normalized spacial score (nSPS) is 15.8. The van der Waals surface area contributed by atoms with Crippen LogP contribution in [0.4, 0.5) is 10.1 Å². The lowest BCUT2D eigenvalue weighted by atomic mass is 10.1. The van der Waals surface area contributed by atoms with Crippen LogP contribution in [0.5, 0.6) is 0 Å². The molecule has 0 aliphatic heterocycles. The smallest absolute Gasteiger partial charge is 0.123 e. The molecule has 0 amide bonds. The Balaban J connectivity index is 2.25. The summed E-state index contributed by atoms with van der Waals surface area (Å²) in [5.41, 5.74) is 2.04. The van der Waals surface area contributed by atoms with Gasteiger partial charge in [0, 0.05) is 24.8 Å². The first-order chi connectivity index (χ1) is 9.76. The standard InChI is InChI=1S/C16H25FN2O/c1-2-18-12-13-11-14(17)7-8-16(13)19(9-10-20)15-5-3-4-6-15/h7-8,11,15,18,20H,2-6,9-10,12H2,1H3. The molecule has 0 bridgehead atoms. The van der Waals surface area contributed by atoms with Gasteiger partial charge in [-0.15, -0.1) is 0 Å². The summed E-state index contributed by atoms with van der Waals surface area (Å²) in [6, 6.07) is 5.46. The van der Waals surface area contributed by atoms with Gasteiger partial charge < -0.3 is 15.3 Å². The van der Waals surface area contributed by atoms with Crippen LogP contribution in [0.25, 0.3) is 0 Å². The molecule has 2 rings (SSSR count). The fourth-order valence-electron chi connectivity index (χ4n) is 3.06. The summed E-state index contributed by atoms with van der Waals surface area (Å²) in [6.45, 7) is 4.32. The van der Waals surface area contributed by atoms with Crippen molar-refractivity contribution in [2.75, 3.05) is 24.6 Å². The summed E-state index contributed by atoms with van der Waals surface area (Å²) in [4.78, 5) is 2.26. The number of halogens is 1. The highest BCUT2D eigenvalue weighted by molar-refractivity contribution is 5.55. The van der Waals surface area contributed by atoms with E-state index in [4.69, 9.17) is 0 Å². The van der Waals surface area contributed by atoms with Crippen molar-refractivity contribution < 1.29 is 9.50 Å². The zero-order valence-electron chi connectivity index (χ0n) is 12.2. The molecule has 20 heavy (non-hydrogen) atoms. The first kappa shape index (κ1) is 15.3. The molecule has 1 aliphatic carbocycles. The molecular weight excluding hydrogens is 255 g/mol. The molecule has 0 atom stereocenters. The van der Waals surface area contributed by atoms with E-state index in [1.54, 1.807) is 6.07 Å². The molecule has 0 spiro atoms. The maximum absolute atomic E-state index is 13.5. The highest BCUT2D eigenvalue weighted by Crippen LogP contribution is 2.30. The number of hydrogen-bond donors (Lipinski definition) is 2. The average molecular weight is 280 g/mol. The monoisotopic (exact) mass is 280 g/mol. The van der Waals surface area contributed by atoms with Crippen molar-refractivity contribution in [1.82, 2.24) is 5.32 Å². The summed E-state index contributed by atoms with van der Waals surface area (Å²) in [6.07, 6.45) is 4.82. The van der Waals surface area contributed by atoms with Crippen molar-refractivity contribution in [2.24, 2.45) is 0 Å². The number of anilines is 1. The highest BCUT2D eigenvalue weighted by atomic mass is 19.1. The van der Waals surface area contributed by atoms with Crippen LogP contribution < -0.4 is 10.2 Å². The molecule has 1 aliphatic rings. The van der Waals surface area contributed by atoms with E-state index in [1.165, 1.54) is 18.9 Å². The van der Waals surface area contributed by atoms with Crippen molar-refractivity contribution in [3.63, 3.8) is 0 Å². The van der Waals surface area contributed by atoms with Crippen LogP contribution >= 0.6 is 0 Å². The lowest BCUT2D eigenvalue weighted by Gasteiger charge is -2.32. The van der Waals surface area contributed by atoms with E-state index < -0.39 is 0 Å². The third-order valence-electron chi connectivity index (χ3n) is 4.02. The van der Waals surface area contributed by atoms with Crippen LogP contribution in [0.1, 0.15) is 38.2 Å². The van der Waals surface area contributed by atoms with Gasteiger partial charge in [-0.05, 0) is 43.1 Å². The Kier molecular flexibility index (Phi) is 5.80. The van der Waals surface area contributed by atoms with Crippen molar-refractivity contribution in [3.8, 4) is 0 Å². The van der Waals surface area contributed by atoms with E-state index in [2.05, 4.69) is 10.2 Å². The topological polar surface area (TPSA) is 35.5 Å². The number of aliphatic hydroxyl groups is 1. The van der Waals surface area contributed by atoms with E-state index >= 15 is 0 Å². The Morgan fingerprint density at radius 2 is 2.10 bits per heavy atom. The number of rotatable bonds is 7. The maximum atomic E-state index is 13.5. The molecule has 1 aromatic carbocycles. The van der Waals surface area contributed by atoms with Crippen molar-refractivity contribution >= 4 is 5.69 Å². The number of aliphatic hydroxyl groups excluding tert-OH is 1. The van der Waals surface area contributed by atoms with Crippen molar-refractivity contribution in [1.29, 1.82) is 0 Å². The van der Waals surface area contributed by atoms with Crippen LogP contribution in [-0.4, -0.2) is 30.8 Å². The second-order valence-electron chi connectivity index (χ2n) is 5.41. The molecule has 3 nitrogen and oxygen atoms in total. The lowest BCUT2D eigenvalue weighted by Crippen LogP contribution is -2.36. The van der Waals surface area contributed by atoms with Crippen LogP contribution in [-0.2, 0) is 6.54 Å². The Morgan fingerprint density at radius 1 is 1.35 bits per heavy atom. The van der Waals surface area contributed by atoms with Gasteiger partial charge >= 0.3 is 0 Å². The van der Waals surface area contributed by atoms with Gasteiger partial charge in [0.1, 0.15) is 5.82 Å². The molecule has 0 radical (unpaired) electrons. The van der Waals surface area contributed by atoms with Crippen LogP contribution in [0.3, 0.4) is 0 Å². The summed E-state index contributed by atoms with van der Waals surface area (Å²) in [5, 5.41) is 12.6. The van der Waals surface area contributed by atoms with Gasteiger partial charge in [0.15, 0.2) is 0 Å². The zero-order chi connectivity index (χ0) is 14.4. The molecule has 0 unspecified atom stereocenters. The largest absolute Gasteiger partial charge is 0.395 e. The summed E-state index contributed by atoms with van der Waals surface area (Å²) < 4.78 is 13.5. The molecule has 112 valence electrons. The van der Waals surface area contributed by atoms with E-state index in [-0.39, 0.29) is 12.4 Å².